The summed E-state index contributed by atoms with van der Waals surface area (Å²) >= 11 is 0. The van der Waals surface area contributed by atoms with E-state index in [0.717, 1.165) is 59.1 Å². The number of fused-ring (bicyclic) bond motifs is 5. The van der Waals surface area contributed by atoms with Crippen molar-refractivity contribution in [1.29, 1.82) is 0 Å². The van der Waals surface area contributed by atoms with Gasteiger partial charge in [0.2, 0.25) is 0 Å². The van der Waals surface area contributed by atoms with E-state index in [1.54, 1.807) is 18.3 Å². The van der Waals surface area contributed by atoms with Gasteiger partial charge in [-0.3, -0.25) is 14.5 Å². The van der Waals surface area contributed by atoms with Crippen LogP contribution in [0.1, 0.15) is 46.9 Å². The van der Waals surface area contributed by atoms with Crippen LogP contribution in [0.15, 0.2) is 60.8 Å². The highest BCUT2D eigenvalue weighted by Crippen LogP contribution is 2.45. The number of halogens is 1. The van der Waals surface area contributed by atoms with E-state index in [2.05, 4.69) is 4.98 Å². The minimum absolute atomic E-state index is 0.0501. The predicted molar refractivity (Wildman–Crippen MR) is 121 cm³/mol. The monoisotopic (exact) mass is 426 g/mol. The molecule has 2 atom stereocenters. The molecule has 1 amide bonds. The lowest BCUT2D eigenvalue weighted by Gasteiger charge is -2.45. The number of carbonyl (C=O) groups excluding carboxylic acids is 1. The molecular formula is C26H23FN4O. The van der Waals surface area contributed by atoms with Crippen molar-refractivity contribution in [2.24, 2.45) is 7.05 Å². The van der Waals surface area contributed by atoms with Crippen molar-refractivity contribution in [3.8, 4) is 11.3 Å². The molecule has 0 saturated carbocycles. The first-order valence-corrected chi connectivity index (χ1v) is 11.1. The number of piperidine rings is 1. The van der Waals surface area contributed by atoms with E-state index >= 15 is 0 Å². The Bertz CT molecular complexity index is 1360. The topological polar surface area (TPSA) is 51.0 Å². The molecule has 2 bridgehead atoms. The van der Waals surface area contributed by atoms with Crippen molar-refractivity contribution in [2.45, 2.75) is 37.8 Å². The molecule has 6 heteroatoms. The number of hydrogen-bond donors (Lipinski definition) is 0. The van der Waals surface area contributed by atoms with Gasteiger partial charge >= 0.3 is 0 Å². The number of hydrogen-bond acceptors (Lipinski definition) is 3. The molecule has 0 aliphatic carbocycles. The van der Waals surface area contributed by atoms with Gasteiger partial charge in [0.1, 0.15) is 5.82 Å². The highest BCUT2D eigenvalue weighted by Gasteiger charge is 2.43. The summed E-state index contributed by atoms with van der Waals surface area (Å²) in [5.74, 6) is -0.204. The molecular weight excluding hydrogens is 403 g/mol. The summed E-state index contributed by atoms with van der Waals surface area (Å²) in [7, 11) is 1.91. The number of aromatic nitrogens is 3. The van der Waals surface area contributed by atoms with Crippen LogP contribution in [0.4, 0.5) is 4.39 Å². The van der Waals surface area contributed by atoms with E-state index in [0.29, 0.717) is 5.56 Å². The van der Waals surface area contributed by atoms with Crippen molar-refractivity contribution in [3.05, 3.63) is 83.4 Å². The molecule has 2 aliphatic rings. The zero-order valence-corrected chi connectivity index (χ0v) is 17.8. The number of rotatable bonds is 2. The van der Waals surface area contributed by atoms with Gasteiger partial charge in [-0.15, -0.1) is 0 Å². The van der Waals surface area contributed by atoms with Crippen LogP contribution in [0.25, 0.3) is 22.2 Å². The van der Waals surface area contributed by atoms with E-state index in [1.165, 1.54) is 6.07 Å². The molecule has 0 N–H and O–H groups in total. The summed E-state index contributed by atoms with van der Waals surface area (Å²) in [6, 6.07) is 16.3. The molecule has 2 aliphatic heterocycles. The van der Waals surface area contributed by atoms with Crippen LogP contribution in [0.5, 0.6) is 0 Å². The van der Waals surface area contributed by atoms with Gasteiger partial charge in [0.05, 0.1) is 22.9 Å². The molecule has 5 nitrogen and oxygen atoms in total. The third-order valence-electron chi connectivity index (χ3n) is 6.86. The van der Waals surface area contributed by atoms with E-state index in [1.807, 2.05) is 53.0 Å². The lowest BCUT2D eigenvalue weighted by Crippen LogP contribution is -2.49. The number of benzene rings is 2. The molecule has 2 aromatic heterocycles. The van der Waals surface area contributed by atoms with E-state index in [-0.39, 0.29) is 23.8 Å². The van der Waals surface area contributed by atoms with Crippen LogP contribution in [0.2, 0.25) is 0 Å². The minimum atomic E-state index is -0.254. The fraction of sp³-hybridized carbons (Fsp3) is 0.269. The second-order valence-corrected chi connectivity index (χ2v) is 8.77. The van der Waals surface area contributed by atoms with Crippen molar-refractivity contribution in [2.75, 3.05) is 0 Å². The van der Waals surface area contributed by atoms with Gasteiger partial charge in [0.15, 0.2) is 0 Å². The highest BCUT2D eigenvalue weighted by atomic mass is 19.1. The zero-order chi connectivity index (χ0) is 21.8. The van der Waals surface area contributed by atoms with Crippen LogP contribution in [0, 0.1) is 5.82 Å². The minimum Gasteiger partial charge on any atom is -0.327 e. The Morgan fingerprint density at radius 3 is 2.88 bits per heavy atom. The average molecular weight is 426 g/mol. The number of aryl methyl sites for hydroxylation is 1. The van der Waals surface area contributed by atoms with Crippen molar-refractivity contribution < 1.29 is 9.18 Å². The van der Waals surface area contributed by atoms with Gasteiger partial charge in [-0.1, -0.05) is 18.2 Å². The number of amides is 1. The maximum absolute atomic E-state index is 13.9. The Morgan fingerprint density at radius 2 is 2.00 bits per heavy atom. The summed E-state index contributed by atoms with van der Waals surface area (Å²) < 4.78 is 15.8. The molecule has 2 aromatic carbocycles. The van der Waals surface area contributed by atoms with Crippen molar-refractivity contribution in [1.82, 2.24) is 19.7 Å². The number of pyridine rings is 1. The maximum Gasteiger partial charge on any atom is 0.254 e. The summed E-state index contributed by atoms with van der Waals surface area (Å²) in [6.45, 7) is 0. The molecule has 0 spiro atoms. The second-order valence-electron chi connectivity index (χ2n) is 8.77. The average Bonchev–Trinajstić information content (AvgIpc) is 3.13. The fourth-order valence-corrected chi connectivity index (χ4v) is 5.50. The standard InChI is InChI=1S/C26H23FN4O/c1-30-25(17-5-2-7-19(27)14-17)21-15-20-8-3-9-23(24(21)29-30)31(20)26(32)18-10-11-22-16(13-18)6-4-12-28-22/h2,4-7,10-14,20,23H,3,8-9,15H2,1H3/t20-,23+/m0/s1. The van der Waals surface area contributed by atoms with E-state index in [4.69, 9.17) is 5.10 Å². The predicted octanol–water partition coefficient (Wildman–Crippen LogP) is 5.07. The zero-order valence-electron chi connectivity index (χ0n) is 17.8. The van der Waals surface area contributed by atoms with Crippen LogP contribution in [-0.2, 0) is 13.5 Å². The Labute approximate surface area is 185 Å². The van der Waals surface area contributed by atoms with E-state index < -0.39 is 0 Å². The molecule has 4 heterocycles. The maximum atomic E-state index is 13.9. The molecule has 1 fully saturated rings. The first-order chi connectivity index (χ1) is 15.6. The van der Waals surface area contributed by atoms with Crippen LogP contribution in [0.3, 0.4) is 0 Å². The van der Waals surface area contributed by atoms with Crippen molar-refractivity contribution >= 4 is 16.8 Å². The fourth-order valence-electron chi connectivity index (χ4n) is 5.50. The summed E-state index contributed by atoms with van der Waals surface area (Å²) in [6.07, 6.45) is 5.44. The third-order valence-corrected chi connectivity index (χ3v) is 6.86. The number of nitrogens with zero attached hydrogens (tertiary/aromatic N) is 4. The second kappa shape index (κ2) is 7.26. The van der Waals surface area contributed by atoms with Gasteiger partial charge < -0.3 is 4.90 Å². The molecule has 32 heavy (non-hydrogen) atoms. The van der Waals surface area contributed by atoms with Gasteiger partial charge in [-0.05, 0) is 62.1 Å². The Morgan fingerprint density at radius 1 is 1.09 bits per heavy atom. The first-order valence-electron chi connectivity index (χ1n) is 11.1. The van der Waals surface area contributed by atoms with Crippen molar-refractivity contribution in [3.63, 3.8) is 0 Å². The van der Waals surface area contributed by atoms with Crippen LogP contribution < -0.4 is 0 Å². The number of carbonyl (C=O) groups is 1. The Balaban J connectivity index is 1.42. The molecule has 0 unspecified atom stereocenters. The largest absolute Gasteiger partial charge is 0.327 e. The van der Waals surface area contributed by atoms with Gasteiger partial charge in [0, 0.05) is 41.4 Å². The Kier molecular flexibility index (Phi) is 4.35. The lowest BCUT2D eigenvalue weighted by molar-refractivity contribution is 0.0392. The highest BCUT2D eigenvalue weighted by molar-refractivity contribution is 5.98. The van der Waals surface area contributed by atoms with Crippen LogP contribution >= 0.6 is 0 Å². The summed E-state index contributed by atoms with van der Waals surface area (Å²) in [5.41, 5.74) is 5.47. The van der Waals surface area contributed by atoms with Gasteiger partial charge in [-0.2, -0.15) is 5.10 Å². The molecule has 160 valence electrons. The molecule has 0 radical (unpaired) electrons. The lowest BCUT2D eigenvalue weighted by atomic mass is 9.81. The normalized spacial score (nSPS) is 19.8. The quantitative estimate of drug-likeness (QED) is 0.450. The smallest absolute Gasteiger partial charge is 0.254 e. The molecule has 6 rings (SSSR count). The third kappa shape index (κ3) is 2.93. The summed E-state index contributed by atoms with van der Waals surface area (Å²) in [4.78, 5) is 20.1. The van der Waals surface area contributed by atoms with Crippen LogP contribution in [-0.4, -0.2) is 31.6 Å². The summed E-state index contributed by atoms with van der Waals surface area (Å²) in [5, 5.41) is 5.81. The Hall–Kier alpha value is -3.54. The van der Waals surface area contributed by atoms with E-state index in [9.17, 15) is 9.18 Å². The van der Waals surface area contributed by atoms with Gasteiger partial charge in [0.25, 0.3) is 5.91 Å². The SMILES string of the molecule is Cn1nc2c(c1-c1cccc(F)c1)C[C@@H]1CCC[C@H]2N1C(=O)c1ccc2ncccc2c1. The first kappa shape index (κ1) is 19.2. The molecule has 4 aromatic rings. The molecule has 1 saturated heterocycles. The van der Waals surface area contributed by atoms with Gasteiger partial charge in [-0.25, -0.2) is 4.39 Å².